The third kappa shape index (κ3) is 3.67. The summed E-state index contributed by atoms with van der Waals surface area (Å²) in [6, 6.07) is 1.55. The molecule has 0 bridgehead atoms. The largest absolute Gasteiger partial charge is 0.276 e. The molecule has 2 aromatic rings. The molecule has 0 radical (unpaired) electrons. The fourth-order valence-electron chi connectivity index (χ4n) is 1.89. The minimum atomic E-state index is -0.120. The Bertz CT molecular complexity index is 555. The molecule has 0 saturated heterocycles. The minimum Gasteiger partial charge on any atom is -0.276 e. The molecule has 2 aromatic heterocycles. The van der Waals surface area contributed by atoms with Gasteiger partial charge < -0.3 is 0 Å². The summed E-state index contributed by atoms with van der Waals surface area (Å²) in [5.74, 6) is 5.58. The van der Waals surface area contributed by atoms with Gasteiger partial charge in [-0.05, 0) is 24.5 Å². The van der Waals surface area contributed by atoms with Crippen molar-refractivity contribution in [2.75, 3.05) is 0 Å². The Kier molecular flexibility index (Phi) is 4.76. The Morgan fingerprint density at radius 1 is 1.42 bits per heavy atom. The van der Waals surface area contributed by atoms with Gasteiger partial charge in [-0.1, -0.05) is 23.2 Å². The van der Waals surface area contributed by atoms with E-state index in [1.165, 1.54) is 0 Å². The number of hydrazine groups is 1. The fraction of sp³-hybridized carbons (Fsp3) is 0.333. The molecule has 2 rings (SSSR count). The first-order chi connectivity index (χ1) is 9.10. The van der Waals surface area contributed by atoms with Gasteiger partial charge in [0.25, 0.3) is 0 Å². The van der Waals surface area contributed by atoms with Crippen LogP contribution in [0.3, 0.4) is 0 Å². The van der Waals surface area contributed by atoms with Gasteiger partial charge in [0.1, 0.15) is 0 Å². The second-order valence-electron chi connectivity index (χ2n) is 4.30. The minimum absolute atomic E-state index is 0.120. The number of nitrogens with zero attached hydrogens (tertiary/aromatic N) is 3. The standard InChI is InChI=1S/C12H15Cl2N5/c1-19-7-8(5-17-19)2-3-11(18-15)12-10(14)4-9(13)6-16-12/h4-7,11,18H,2-3,15H2,1H3. The quantitative estimate of drug-likeness (QED) is 0.656. The van der Waals surface area contributed by atoms with E-state index in [0.29, 0.717) is 15.7 Å². The Balaban J connectivity index is 2.07. The highest BCUT2D eigenvalue weighted by Gasteiger charge is 2.15. The summed E-state index contributed by atoms with van der Waals surface area (Å²) in [6.07, 6.45) is 6.99. The SMILES string of the molecule is Cn1cc(CCC(NN)c2ncc(Cl)cc2Cl)cn1. The van der Waals surface area contributed by atoms with Gasteiger partial charge in [0.05, 0.1) is 28.0 Å². The molecular weight excluding hydrogens is 285 g/mol. The molecule has 0 aromatic carbocycles. The Morgan fingerprint density at radius 2 is 2.21 bits per heavy atom. The molecule has 1 unspecified atom stereocenters. The Morgan fingerprint density at radius 3 is 2.79 bits per heavy atom. The zero-order valence-corrected chi connectivity index (χ0v) is 12.0. The van der Waals surface area contributed by atoms with Gasteiger partial charge in [-0.25, -0.2) is 0 Å². The van der Waals surface area contributed by atoms with Crippen molar-refractivity contribution in [3.8, 4) is 0 Å². The molecule has 7 heteroatoms. The van der Waals surface area contributed by atoms with E-state index in [1.807, 2.05) is 19.4 Å². The predicted molar refractivity (Wildman–Crippen MR) is 75.9 cm³/mol. The maximum atomic E-state index is 6.13. The zero-order chi connectivity index (χ0) is 13.8. The van der Waals surface area contributed by atoms with Crippen molar-refractivity contribution in [3.63, 3.8) is 0 Å². The second kappa shape index (κ2) is 6.34. The van der Waals surface area contributed by atoms with Crippen LogP contribution in [0.4, 0.5) is 0 Å². The van der Waals surface area contributed by atoms with Crippen molar-refractivity contribution in [2.24, 2.45) is 12.9 Å². The molecule has 0 saturated carbocycles. The number of nitrogens with one attached hydrogen (secondary N) is 1. The van der Waals surface area contributed by atoms with Crippen LogP contribution in [-0.2, 0) is 13.5 Å². The van der Waals surface area contributed by atoms with Gasteiger partial charge in [0, 0.05) is 19.4 Å². The normalized spacial score (nSPS) is 12.6. The lowest BCUT2D eigenvalue weighted by Gasteiger charge is -2.16. The predicted octanol–water partition coefficient (Wildman–Crippen LogP) is 2.26. The van der Waals surface area contributed by atoms with Gasteiger partial charge in [0.15, 0.2) is 0 Å². The molecule has 0 aliphatic heterocycles. The first kappa shape index (κ1) is 14.3. The van der Waals surface area contributed by atoms with Crippen LogP contribution in [0, 0.1) is 0 Å². The summed E-state index contributed by atoms with van der Waals surface area (Å²) in [6.45, 7) is 0. The summed E-state index contributed by atoms with van der Waals surface area (Å²) in [7, 11) is 1.89. The van der Waals surface area contributed by atoms with E-state index in [4.69, 9.17) is 29.0 Å². The van der Waals surface area contributed by atoms with Gasteiger partial charge in [-0.2, -0.15) is 5.10 Å². The Labute approximate surface area is 121 Å². The van der Waals surface area contributed by atoms with E-state index < -0.39 is 0 Å². The third-order valence-corrected chi connectivity index (χ3v) is 3.36. The van der Waals surface area contributed by atoms with Gasteiger partial charge in [-0.15, -0.1) is 0 Å². The molecular formula is C12H15Cl2N5. The van der Waals surface area contributed by atoms with E-state index in [2.05, 4.69) is 15.5 Å². The molecule has 1 atom stereocenters. The molecule has 0 amide bonds. The van der Waals surface area contributed by atoms with E-state index in [0.717, 1.165) is 18.4 Å². The maximum Gasteiger partial charge on any atom is 0.0773 e. The first-order valence-electron chi connectivity index (χ1n) is 5.84. The molecule has 19 heavy (non-hydrogen) atoms. The number of halogens is 2. The number of hydrogen-bond acceptors (Lipinski definition) is 4. The van der Waals surface area contributed by atoms with Crippen LogP contribution in [0.25, 0.3) is 0 Å². The van der Waals surface area contributed by atoms with Gasteiger partial charge in [-0.3, -0.25) is 20.9 Å². The molecule has 102 valence electrons. The molecule has 0 spiro atoms. The van der Waals surface area contributed by atoms with Crippen LogP contribution in [0.1, 0.15) is 23.7 Å². The average molecular weight is 300 g/mol. The summed E-state index contributed by atoms with van der Waals surface area (Å²) < 4.78 is 1.77. The van der Waals surface area contributed by atoms with Gasteiger partial charge >= 0.3 is 0 Å². The number of aryl methyl sites for hydroxylation is 2. The van der Waals surface area contributed by atoms with Crippen molar-refractivity contribution < 1.29 is 0 Å². The van der Waals surface area contributed by atoms with Crippen molar-refractivity contribution in [1.29, 1.82) is 0 Å². The van der Waals surface area contributed by atoms with E-state index in [1.54, 1.807) is 16.9 Å². The van der Waals surface area contributed by atoms with Crippen molar-refractivity contribution in [3.05, 3.63) is 46.0 Å². The summed E-state index contributed by atoms with van der Waals surface area (Å²) in [5, 5.41) is 5.15. The molecule has 0 aliphatic rings. The van der Waals surface area contributed by atoms with E-state index in [-0.39, 0.29) is 6.04 Å². The molecule has 3 N–H and O–H groups in total. The van der Waals surface area contributed by atoms with Crippen LogP contribution in [0.15, 0.2) is 24.7 Å². The average Bonchev–Trinajstić information content (AvgIpc) is 2.78. The third-order valence-electron chi connectivity index (χ3n) is 2.85. The molecule has 0 aliphatic carbocycles. The monoisotopic (exact) mass is 299 g/mol. The highest BCUT2D eigenvalue weighted by molar-refractivity contribution is 6.34. The lowest BCUT2D eigenvalue weighted by Crippen LogP contribution is -2.29. The summed E-state index contributed by atoms with van der Waals surface area (Å²) in [4.78, 5) is 4.24. The zero-order valence-electron chi connectivity index (χ0n) is 10.5. The smallest absolute Gasteiger partial charge is 0.0773 e. The molecule has 0 fully saturated rings. The lowest BCUT2D eigenvalue weighted by atomic mass is 10.1. The highest BCUT2D eigenvalue weighted by atomic mass is 35.5. The van der Waals surface area contributed by atoms with Crippen LogP contribution < -0.4 is 11.3 Å². The van der Waals surface area contributed by atoms with Crippen molar-refractivity contribution in [1.82, 2.24) is 20.2 Å². The van der Waals surface area contributed by atoms with Crippen LogP contribution in [-0.4, -0.2) is 14.8 Å². The van der Waals surface area contributed by atoms with Crippen LogP contribution in [0.2, 0.25) is 10.0 Å². The lowest BCUT2D eigenvalue weighted by molar-refractivity contribution is 0.505. The number of pyridine rings is 1. The fourth-order valence-corrected chi connectivity index (χ4v) is 2.40. The second-order valence-corrected chi connectivity index (χ2v) is 5.14. The van der Waals surface area contributed by atoms with Crippen LogP contribution >= 0.6 is 23.2 Å². The molecule has 5 nitrogen and oxygen atoms in total. The maximum absolute atomic E-state index is 6.13. The number of nitrogens with two attached hydrogens (primary N) is 1. The van der Waals surface area contributed by atoms with E-state index in [9.17, 15) is 0 Å². The van der Waals surface area contributed by atoms with E-state index >= 15 is 0 Å². The van der Waals surface area contributed by atoms with Crippen molar-refractivity contribution >= 4 is 23.2 Å². The topological polar surface area (TPSA) is 68.8 Å². The van der Waals surface area contributed by atoms with Crippen molar-refractivity contribution in [2.45, 2.75) is 18.9 Å². The summed E-state index contributed by atoms with van der Waals surface area (Å²) in [5.41, 5.74) is 4.59. The first-order valence-corrected chi connectivity index (χ1v) is 6.60. The highest BCUT2D eigenvalue weighted by Crippen LogP contribution is 2.26. The Hall–Kier alpha value is -1.14. The van der Waals surface area contributed by atoms with Gasteiger partial charge in [0.2, 0.25) is 0 Å². The number of hydrogen-bond donors (Lipinski definition) is 2. The number of rotatable bonds is 5. The summed E-state index contributed by atoms with van der Waals surface area (Å²) >= 11 is 12.0. The van der Waals surface area contributed by atoms with Crippen LogP contribution in [0.5, 0.6) is 0 Å². The molecule has 2 heterocycles. The number of aromatic nitrogens is 3.